The van der Waals surface area contributed by atoms with E-state index in [4.69, 9.17) is 21.1 Å². The van der Waals surface area contributed by atoms with Crippen LogP contribution < -0.4 is 9.47 Å². The van der Waals surface area contributed by atoms with E-state index in [2.05, 4.69) is 35.3 Å². The second-order valence-electron chi connectivity index (χ2n) is 7.21. The fourth-order valence-corrected chi connectivity index (χ4v) is 3.62. The van der Waals surface area contributed by atoms with Crippen molar-refractivity contribution in [2.24, 2.45) is 4.99 Å². The third kappa shape index (κ3) is 4.89. The first-order valence-electron chi connectivity index (χ1n) is 10.3. The van der Waals surface area contributed by atoms with Crippen LogP contribution in [0.4, 0.5) is 5.69 Å². The Morgan fingerprint density at radius 2 is 1.68 bits per heavy atom. The van der Waals surface area contributed by atoms with Gasteiger partial charge in [0.15, 0.2) is 11.5 Å². The SMILES string of the molecule is CCOc1cc(C=Nc2cccc(Cl)c2C)ccc1OCc1cccc2ccccc12. The molecule has 0 atom stereocenters. The monoisotopic (exact) mass is 429 g/mol. The van der Waals surface area contributed by atoms with Crippen LogP contribution >= 0.6 is 11.6 Å². The zero-order valence-corrected chi connectivity index (χ0v) is 18.4. The van der Waals surface area contributed by atoms with Crippen LogP contribution in [0, 0.1) is 6.92 Å². The van der Waals surface area contributed by atoms with Gasteiger partial charge in [0.05, 0.1) is 12.3 Å². The molecule has 0 unspecified atom stereocenters. The molecule has 4 aromatic carbocycles. The summed E-state index contributed by atoms with van der Waals surface area (Å²) in [6.45, 7) is 4.95. The number of benzene rings is 4. The van der Waals surface area contributed by atoms with E-state index in [9.17, 15) is 0 Å². The van der Waals surface area contributed by atoms with Crippen molar-refractivity contribution in [1.82, 2.24) is 0 Å². The molecule has 0 aliphatic rings. The number of hydrogen-bond donors (Lipinski definition) is 0. The van der Waals surface area contributed by atoms with Crippen molar-refractivity contribution in [1.29, 1.82) is 0 Å². The number of rotatable bonds is 7. The molecular weight excluding hydrogens is 406 g/mol. The fourth-order valence-electron chi connectivity index (χ4n) is 3.45. The van der Waals surface area contributed by atoms with Gasteiger partial charge < -0.3 is 9.47 Å². The second kappa shape index (κ2) is 9.67. The number of halogens is 1. The number of hydrogen-bond acceptors (Lipinski definition) is 3. The van der Waals surface area contributed by atoms with Crippen molar-refractivity contribution in [3.63, 3.8) is 0 Å². The van der Waals surface area contributed by atoms with Gasteiger partial charge in [0, 0.05) is 11.2 Å². The largest absolute Gasteiger partial charge is 0.490 e. The predicted molar refractivity (Wildman–Crippen MR) is 129 cm³/mol. The molecular formula is C27H24ClNO2. The van der Waals surface area contributed by atoms with E-state index in [1.807, 2.05) is 68.6 Å². The van der Waals surface area contributed by atoms with E-state index in [0.717, 1.165) is 22.4 Å². The normalized spacial score (nSPS) is 11.2. The fraction of sp³-hybridized carbons (Fsp3) is 0.148. The van der Waals surface area contributed by atoms with Gasteiger partial charge in [0.2, 0.25) is 0 Å². The van der Waals surface area contributed by atoms with Gasteiger partial charge in [-0.2, -0.15) is 0 Å². The van der Waals surface area contributed by atoms with Crippen molar-refractivity contribution in [3.05, 3.63) is 101 Å². The Kier molecular flexibility index (Phi) is 6.54. The van der Waals surface area contributed by atoms with E-state index in [-0.39, 0.29) is 0 Å². The molecule has 156 valence electrons. The Hall–Kier alpha value is -3.30. The molecule has 0 saturated carbocycles. The van der Waals surface area contributed by atoms with Gasteiger partial charge >= 0.3 is 0 Å². The Morgan fingerprint density at radius 3 is 2.55 bits per heavy atom. The smallest absolute Gasteiger partial charge is 0.161 e. The third-order valence-electron chi connectivity index (χ3n) is 5.12. The summed E-state index contributed by atoms with van der Waals surface area (Å²) in [5.41, 5.74) is 3.88. The minimum atomic E-state index is 0.469. The summed E-state index contributed by atoms with van der Waals surface area (Å²) in [6, 6.07) is 26.2. The average Bonchev–Trinajstić information content (AvgIpc) is 2.79. The Morgan fingerprint density at radius 1 is 0.871 bits per heavy atom. The average molecular weight is 430 g/mol. The summed E-state index contributed by atoms with van der Waals surface area (Å²) in [5.74, 6) is 1.42. The van der Waals surface area contributed by atoms with Gasteiger partial charge in [-0.05, 0) is 71.6 Å². The highest BCUT2D eigenvalue weighted by Gasteiger charge is 2.08. The lowest BCUT2D eigenvalue weighted by Gasteiger charge is -2.14. The Bertz CT molecular complexity index is 1230. The second-order valence-corrected chi connectivity index (χ2v) is 7.62. The molecule has 0 radical (unpaired) electrons. The number of aliphatic imine (C=N–C) groups is 1. The van der Waals surface area contributed by atoms with Crippen LogP contribution in [0.1, 0.15) is 23.6 Å². The molecule has 0 spiro atoms. The van der Waals surface area contributed by atoms with E-state index in [1.165, 1.54) is 10.8 Å². The highest BCUT2D eigenvalue weighted by atomic mass is 35.5. The zero-order valence-electron chi connectivity index (χ0n) is 17.6. The first-order valence-corrected chi connectivity index (χ1v) is 10.7. The molecule has 0 saturated heterocycles. The van der Waals surface area contributed by atoms with Crippen molar-refractivity contribution >= 4 is 34.3 Å². The van der Waals surface area contributed by atoms with Crippen LogP contribution in [0.15, 0.2) is 83.9 Å². The molecule has 4 rings (SSSR count). The van der Waals surface area contributed by atoms with Crippen molar-refractivity contribution in [2.45, 2.75) is 20.5 Å². The summed E-state index contributed by atoms with van der Waals surface area (Å²) in [6.07, 6.45) is 1.82. The molecule has 0 heterocycles. The van der Waals surface area contributed by atoms with E-state index in [0.29, 0.717) is 29.7 Å². The number of fused-ring (bicyclic) bond motifs is 1. The van der Waals surface area contributed by atoms with Crippen LogP contribution in [0.2, 0.25) is 5.02 Å². The predicted octanol–water partition coefficient (Wildman–Crippen LogP) is 7.53. The molecule has 0 N–H and O–H groups in total. The summed E-state index contributed by atoms with van der Waals surface area (Å²) < 4.78 is 12.0. The quantitative estimate of drug-likeness (QED) is 0.284. The van der Waals surface area contributed by atoms with Gasteiger partial charge in [-0.1, -0.05) is 60.1 Å². The molecule has 4 aromatic rings. The molecule has 31 heavy (non-hydrogen) atoms. The summed E-state index contributed by atoms with van der Waals surface area (Å²) in [5, 5.41) is 3.11. The zero-order chi connectivity index (χ0) is 21.6. The van der Waals surface area contributed by atoms with Crippen molar-refractivity contribution in [2.75, 3.05) is 6.61 Å². The molecule has 0 amide bonds. The molecule has 4 heteroatoms. The maximum atomic E-state index is 6.19. The minimum Gasteiger partial charge on any atom is -0.490 e. The number of ether oxygens (including phenoxy) is 2. The van der Waals surface area contributed by atoms with E-state index in [1.54, 1.807) is 0 Å². The van der Waals surface area contributed by atoms with Crippen LogP contribution in [0.3, 0.4) is 0 Å². The molecule has 0 aromatic heterocycles. The summed E-state index contributed by atoms with van der Waals surface area (Å²) >= 11 is 6.19. The van der Waals surface area contributed by atoms with E-state index < -0.39 is 0 Å². The molecule has 0 aliphatic heterocycles. The lowest BCUT2D eigenvalue weighted by molar-refractivity contribution is 0.270. The number of nitrogens with zero attached hydrogens (tertiary/aromatic N) is 1. The topological polar surface area (TPSA) is 30.8 Å². The summed E-state index contributed by atoms with van der Waals surface area (Å²) in [7, 11) is 0. The first-order chi connectivity index (χ1) is 15.2. The van der Waals surface area contributed by atoms with Gasteiger partial charge in [-0.3, -0.25) is 4.99 Å². The highest BCUT2D eigenvalue weighted by Crippen LogP contribution is 2.31. The van der Waals surface area contributed by atoms with Gasteiger partial charge in [0.25, 0.3) is 0 Å². The van der Waals surface area contributed by atoms with Crippen molar-refractivity contribution < 1.29 is 9.47 Å². The highest BCUT2D eigenvalue weighted by molar-refractivity contribution is 6.31. The maximum Gasteiger partial charge on any atom is 0.161 e. The van der Waals surface area contributed by atoms with Gasteiger partial charge in [0.1, 0.15) is 6.61 Å². The lowest BCUT2D eigenvalue weighted by atomic mass is 10.1. The molecule has 3 nitrogen and oxygen atoms in total. The van der Waals surface area contributed by atoms with Crippen molar-refractivity contribution in [3.8, 4) is 11.5 Å². The van der Waals surface area contributed by atoms with Crippen LogP contribution in [0.5, 0.6) is 11.5 Å². The van der Waals surface area contributed by atoms with Gasteiger partial charge in [-0.15, -0.1) is 0 Å². The first kappa shape index (κ1) is 21.0. The minimum absolute atomic E-state index is 0.469. The third-order valence-corrected chi connectivity index (χ3v) is 5.53. The summed E-state index contributed by atoms with van der Waals surface area (Å²) in [4.78, 5) is 4.59. The lowest BCUT2D eigenvalue weighted by Crippen LogP contribution is -2.01. The van der Waals surface area contributed by atoms with E-state index >= 15 is 0 Å². The van der Waals surface area contributed by atoms with Crippen LogP contribution in [-0.2, 0) is 6.61 Å². The Balaban J connectivity index is 1.56. The van der Waals surface area contributed by atoms with Gasteiger partial charge in [-0.25, -0.2) is 0 Å². The van der Waals surface area contributed by atoms with Crippen LogP contribution in [0.25, 0.3) is 10.8 Å². The Labute approximate surface area is 187 Å². The maximum absolute atomic E-state index is 6.19. The molecule has 0 fully saturated rings. The molecule has 0 bridgehead atoms. The molecule has 0 aliphatic carbocycles. The van der Waals surface area contributed by atoms with Crippen LogP contribution in [-0.4, -0.2) is 12.8 Å². The standard InChI is InChI=1S/C27H24ClNO2/c1-3-30-27-16-20(17-29-25-13-7-12-24(28)19(25)2)14-15-26(27)31-18-22-10-6-9-21-8-4-5-11-23(21)22/h4-17H,3,18H2,1-2H3.